The molecular formula is C14H19NO. The summed E-state index contributed by atoms with van der Waals surface area (Å²) in [4.78, 5) is 0. The highest BCUT2D eigenvalue weighted by Crippen LogP contribution is 2.39. The first-order valence-electron chi connectivity index (χ1n) is 6.23. The smallest absolute Gasteiger partial charge is 0.126 e. The molecule has 0 aromatic heterocycles. The topological polar surface area (TPSA) is 35.2 Å². The quantitative estimate of drug-likeness (QED) is 0.844. The third-order valence-corrected chi connectivity index (χ3v) is 3.79. The molecule has 0 bridgehead atoms. The summed E-state index contributed by atoms with van der Waals surface area (Å²) in [5.74, 6) is 1.14. The van der Waals surface area contributed by atoms with Crippen LogP contribution in [0.4, 0.5) is 0 Å². The summed E-state index contributed by atoms with van der Waals surface area (Å²) < 4.78 is 5.88. The maximum absolute atomic E-state index is 6.13. The van der Waals surface area contributed by atoms with E-state index in [2.05, 4.69) is 25.1 Å². The average Bonchev–Trinajstić information content (AvgIpc) is 2.86. The molecule has 3 rings (SSSR count). The Kier molecular flexibility index (Phi) is 2.21. The zero-order valence-electron chi connectivity index (χ0n) is 9.83. The number of fused-ring (bicyclic) bond motifs is 1. The van der Waals surface area contributed by atoms with Crippen molar-refractivity contribution in [1.82, 2.24) is 0 Å². The van der Waals surface area contributed by atoms with Crippen LogP contribution in [-0.4, -0.2) is 11.6 Å². The molecule has 1 unspecified atom stereocenters. The minimum atomic E-state index is 0.146. The van der Waals surface area contributed by atoms with Crippen molar-refractivity contribution in [3.05, 3.63) is 29.3 Å². The van der Waals surface area contributed by atoms with E-state index in [0.717, 1.165) is 25.0 Å². The molecule has 2 N–H and O–H groups in total. The van der Waals surface area contributed by atoms with Crippen molar-refractivity contribution in [3.8, 4) is 5.75 Å². The monoisotopic (exact) mass is 217 g/mol. The molecule has 16 heavy (non-hydrogen) atoms. The number of aryl methyl sites for hydroxylation is 1. The van der Waals surface area contributed by atoms with Gasteiger partial charge >= 0.3 is 0 Å². The van der Waals surface area contributed by atoms with Gasteiger partial charge in [-0.05, 0) is 43.7 Å². The van der Waals surface area contributed by atoms with Crippen LogP contribution in [0.1, 0.15) is 37.3 Å². The number of ether oxygens (including phenoxy) is 1. The third kappa shape index (κ3) is 1.82. The summed E-state index contributed by atoms with van der Waals surface area (Å²) in [6, 6.07) is 6.51. The Morgan fingerprint density at radius 1 is 1.44 bits per heavy atom. The van der Waals surface area contributed by atoms with E-state index in [9.17, 15) is 0 Å². The van der Waals surface area contributed by atoms with Gasteiger partial charge in [0.25, 0.3) is 0 Å². The lowest BCUT2D eigenvalue weighted by atomic mass is 10.0. The summed E-state index contributed by atoms with van der Waals surface area (Å²) in [5, 5.41) is 0. The number of hydrogen-bond donors (Lipinski definition) is 1. The second kappa shape index (κ2) is 3.49. The van der Waals surface area contributed by atoms with Gasteiger partial charge in [-0.2, -0.15) is 0 Å². The molecule has 1 aliphatic carbocycles. The maximum Gasteiger partial charge on any atom is 0.126 e. The van der Waals surface area contributed by atoms with Crippen LogP contribution in [0.2, 0.25) is 0 Å². The highest BCUT2D eigenvalue weighted by molar-refractivity contribution is 5.44. The predicted molar refractivity (Wildman–Crippen MR) is 64.7 cm³/mol. The van der Waals surface area contributed by atoms with E-state index >= 15 is 0 Å². The zero-order valence-corrected chi connectivity index (χ0v) is 9.83. The highest BCUT2D eigenvalue weighted by Gasteiger charge is 2.37. The lowest BCUT2D eigenvalue weighted by molar-refractivity contribution is 0.252. The van der Waals surface area contributed by atoms with Crippen LogP contribution in [0.25, 0.3) is 0 Å². The Balaban J connectivity index is 1.77. The van der Waals surface area contributed by atoms with Gasteiger partial charge in [-0.15, -0.1) is 0 Å². The van der Waals surface area contributed by atoms with Gasteiger partial charge in [-0.1, -0.05) is 18.2 Å². The summed E-state index contributed by atoms with van der Waals surface area (Å²) >= 11 is 0. The lowest BCUT2D eigenvalue weighted by Gasteiger charge is -2.12. The van der Waals surface area contributed by atoms with Gasteiger partial charge in [0, 0.05) is 12.0 Å². The minimum Gasteiger partial charge on any atom is -0.490 e. The van der Waals surface area contributed by atoms with Crippen LogP contribution >= 0.6 is 0 Å². The van der Waals surface area contributed by atoms with E-state index in [4.69, 9.17) is 10.5 Å². The lowest BCUT2D eigenvalue weighted by Crippen LogP contribution is -2.22. The number of hydrogen-bond acceptors (Lipinski definition) is 2. The zero-order chi connectivity index (χ0) is 11.2. The molecule has 1 saturated carbocycles. The Bertz CT molecular complexity index is 409. The second-order valence-electron chi connectivity index (χ2n) is 5.40. The van der Waals surface area contributed by atoms with E-state index in [-0.39, 0.29) is 5.54 Å². The largest absolute Gasteiger partial charge is 0.490 e. The van der Waals surface area contributed by atoms with Crippen molar-refractivity contribution in [2.24, 2.45) is 5.73 Å². The molecule has 1 aliphatic heterocycles. The van der Waals surface area contributed by atoms with Crippen molar-refractivity contribution in [2.45, 2.75) is 50.7 Å². The molecular weight excluding hydrogens is 198 g/mol. The predicted octanol–water partition coefficient (Wildman–Crippen LogP) is 2.43. The summed E-state index contributed by atoms with van der Waals surface area (Å²) in [6.45, 7) is 2.13. The molecule has 0 saturated heterocycles. The van der Waals surface area contributed by atoms with Crippen LogP contribution in [0.3, 0.4) is 0 Å². The van der Waals surface area contributed by atoms with Crippen LogP contribution in [0, 0.1) is 0 Å². The van der Waals surface area contributed by atoms with E-state index in [1.54, 1.807) is 0 Å². The molecule has 1 atom stereocenters. The first-order valence-corrected chi connectivity index (χ1v) is 6.23. The Morgan fingerprint density at radius 3 is 3.00 bits per heavy atom. The molecule has 86 valence electrons. The van der Waals surface area contributed by atoms with Crippen LogP contribution < -0.4 is 10.5 Å². The maximum atomic E-state index is 6.13. The van der Waals surface area contributed by atoms with Crippen LogP contribution in [-0.2, 0) is 12.8 Å². The highest BCUT2D eigenvalue weighted by atomic mass is 16.5. The van der Waals surface area contributed by atoms with Crippen LogP contribution in [0.15, 0.2) is 18.2 Å². The summed E-state index contributed by atoms with van der Waals surface area (Å²) in [6.07, 6.45) is 5.94. The number of rotatable bonds is 3. The number of nitrogens with two attached hydrogens (primary N) is 1. The Morgan fingerprint density at radius 2 is 2.25 bits per heavy atom. The van der Waals surface area contributed by atoms with Crippen molar-refractivity contribution < 1.29 is 4.74 Å². The van der Waals surface area contributed by atoms with Crippen molar-refractivity contribution in [2.75, 3.05) is 0 Å². The first kappa shape index (κ1) is 10.2. The fraction of sp³-hybridized carbons (Fsp3) is 0.571. The average molecular weight is 217 g/mol. The Labute approximate surface area is 96.8 Å². The van der Waals surface area contributed by atoms with E-state index in [1.165, 1.54) is 24.0 Å². The number of benzene rings is 1. The molecule has 0 spiro atoms. The van der Waals surface area contributed by atoms with Gasteiger partial charge in [-0.25, -0.2) is 0 Å². The standard InChI is InChI=1S/C14H19NO/c1-10-9-12-4-2-3-11(13(12)16-10)5-6-14(15)7-8-14/h2-4,10H,5-9,15H2,1H3. The molecule has 2 aliphatic rings. The van der Waals surface area contributed by atoms with E-state index in [0.29, 0.717) is 6.10 Å². The molecule has 2 heteroatoms. The van der Waals surface area contributed by atoms with Crippen molar-refractivity contribution in [1.29, 1.82) is 0 Å². The van der Waals surface area contributed by atoms with Crippen molar-refractivity contribution in [3.63, 3.8) is 0 Å². The van der Waals surface area contributed by atoms with Gasteiger partial charge in [0.1, 0.15) is 11.9 Å². The van der Waals surface area contributed by atoms with Crippen LogP contribution in [0.5, 0.6) is 5.75 Å². The molecule has 0 radical (unpaired) electrons. The summed E-state index contributed by atoms with van der Waals surface area (Å²) in [5.41, 5.74) is 8.99. The third-order valence-electron chi connectivity index (χ3n) is 3.79. The fourth-order valence-electron chi connectivity index (χ4n) is 2.49. The van der Waals surface area contributed by atoms with Gasteiger partial charge in [0.05, 0.1) is 0 Å². The fourth-order valence-corrected chi connectivity index (χ4v) is 2.49. The molecule has 2 nitrogen and oxygen atoms in total. The van der Waals surface area contributed by atoms with E-state index < -0.39 is 0 Å². The SMILES string of the molecule is CC1Cc2cccc(CCC3(N)CC3)c2O1. The normalized spacial score (nSPS) is 25.0. The Hall–Kier alpha value is -1.02. The summed E-state index contributed by atoms with van der Waals surface area (Å²) in [7, 11) is 0. The van der Waals surface area contributed by atoms with Gasteiger partial charge in [0.2, 0.25) is 0 Å². The van der Waals surface area contributed by atoms with Gasteiger partial charge < -0.3 is 10.5 Å². The second-order valence-corrected chi connectivity index (χ2v) is 5.40. The van der Waals surface area contributed by atoms with Crippen molar-refractivity contribution >= 4 is 0 Å². The molecule has 1 fully saturated rings. The van der Waals surface area contributed by atoms with Gasteiger partial charge in [-0.3, -0.25) is 0 Å². The molecule has 1 aromatic carbocycles. The van der Waals surface area contributed by atoms with Gasteiger partial charge in [0.15, 0.2) is 0 Å². The molecule has 0 amide bonds. The number of para-hydroxylation sites is 1. The van der Waals surface area contributed by atoms with E-state index in [1.807, 2.05) is 0 Å². The first-order chi connectivity index (χ1) is 7.66. The minimum absolute atomic E-state index is 0.146. The molecule has 1 aromatic rings. The molecule has 1 heterocycles.